The number of carbonyl (C=O) groups is 1. The summed E-state index contributed by atoms with van der Waals surface area (Å²) in [6.07, 6.45) is -0.731. The number of aliphatic carboxylic acids is 1. The molecular weight excluding hydrogens is 192 g/mol. The summed E-state index contributed by atoms with van der Waals surface area (Å²) in [6.45, 7) is 4.02. The van der Waals surface area contributed by atoms with Gasteiger partial charge in [0.25, 0.3) is 0 Å². The quantitative estimate of drug-likeness (QED) is 0.807. The van der Waals surface area contributed by atoms with Crippen molar-refractivity contribution in [1.29, 1.82) is 0 Å². The maximum absolute atomic E-state index is 10.8. The van der Waals surface area contributed by atoms with Gasteiger partial charge >= 0.3 is 5.97 Å². The highest BCUT2D eigenvalue weighted by atomic mass is 16.5. The summed E-state index contributed by atoms with van der Waals surface area (Å²) in [5.74, 6) is -0.924. The van der Waals surface area contributed by atoms with Crippen LogP contribution in [0.2, 0.25) is 0 Å². The highest BCUT2D eigenvalue weighted by Crippen LogP contribution is 2.10. The highest BCUT2D eigenvalue weighted by Gasteiger charge is 2.21. The molecule has 1 aromatic rings. The van der Waals surface area contributed by atoms with Crippen molar-refractivity contribution in [2.45, 2.75) is 26.6 Å². The molecule has 0 amide bonds. The Bertz CT molecular complexity index is 306. The number of benzene rings is 1. The number of rotatable bonds is 5. The minimum absolute atomic E-state index is 0.0220. The van der Waals surface area contributed by atoms with Crippen molar-refractivity contribution < 1.29 is 14.6 Å². The van der Waals surface area contributed by atoms with Gasteiger partial charge in [-0.05, 0) is 11.5 Å². The van der Waals surface area contributed by atoms with Crippen molar-refractivity contribution in [1.82, 2.24) is 0 Å². The lowest BCUT2D eigenvalue weighted by Gasteiger charge is -2.16. The molecule has 3 heteroatoms. The van der Waals surface area contributed by atoms with Gasteiger partial charge in [0.2, 0.25) is 0 Å². The smallest absolute Gasteiger partial charge is 0.333 e. The van der Waals surface area contributed by atoms with Gasteiger partial charge in [-0.1, -0.05) is 44.2 Å². The van der Waals surface area contributed by atoms with Crippen LogP contribution in [0.15, 0.2) is 30.3 Å². The molecule has 0 aliphatic carbocycles. The maximum Gasteiger partial charge on any atom is 0.333 e. The Morgan fingerprint density at radius 2 is 1.93 bits per heavy atom. The van der Waals surface area contributed by atoms with Gasteiger partial charge in [0, 0.05) is 0 Å². The monoisotopic (exact) mass is 208 g/mol. The molecule has 1 atom stereocenters. The van der Waals surface area contributed by atoms with Crippen LogP contribution in [0.5, 0.6) is 0 Å². The molecule has 0 saturated heterocycles. The Balaban J connectivity index is 2.51. The second-order valence-corrected chi connectivity index (χ2v) is 3.80. The van der Waals surface area contributed by atoms with Crippen LogP contribution in [0.25, 0.3) is 0 Å². The SMILES string of the molecule is CC(C)C(OCc1ccccc1)C(=O)O. The van der Waals surface area contributed by atoms with Crippen molar-refractivity contribution in [3.63, 3.8) is 0 Å². The summed E-state index contributed by atoms with van der Waals surface area (Å²) in [7, 11) is 0. The zero-order valence-corrected chi connectivity index (χ0v) is 9.01. The lowest BCUT2D eigenvalue weighted by Crippen LogP contribution is -2.29. The molecule has 3 nitrogen and oxygen atoms in total. The molecule has 0 spiro atoms. The molecule has 1 rings (SSSR count). The molecule has 1 aromatic carbocycles. The van der Waals surface area contributed by atoms with Crippen molar-refractivity contribution in [3.8, 4) is 0 Å². The van der Waals surface area contributed by atoms with E-state index in [0.29, 0.717) is 6.61 Å². The Morgan fingerprint density at radius 1 is 1.33 bits per heavy atom. The van der Waals surface area contributed by atoms with Crippen molar-refractivity contribution in [2.24, 2.45) is 5.92 Å². The van der Waals surface area contributed by atoms with E-state index in [1.807, 2.05) is 44.2 Å². The average Bonchev–Trinajstić information content (AvgIpc) is 2.18. The van der Waals surface area contributed by atoms with Gasteiger partial charge in [0.15, 0.2) is 6.10 Å². The Kier molecular flexibility index (Phi) is 4.31. The third-order valence-electron chi connectivity index (χ3n) is 2.12. The molecule has 0 aliphatic rings. The van der Waals surface area contributed by atoms with Gasteiger partial charge in [0.05, 0.1) is 6.61 Å². The van der Waals surface area contributed by atoms with E-state index >= 15 is 0 Å². The predicted molar refractivity (Wildman–Crippen MR) is 57.5 cm³/mol. The molecule has 0 radical (unpaired) electrons. The van der Waals surface area contributed by atoms with E-state index in [-0.39, 0.29) is 5.92 Å². The summed E-state index contributed by atoms with van der Waals surface area (Å²) in [4.78, 5) is 10.8. The molecular formula is C12H16O3. The molecule has 0 aliphatic heterocycles. The average molecular weight is 208 g/mol. The molecule has 0 saturated carbocycles. The number of hydrogen-bond acceptors (Lipinski definition) is 2. The number of hydrogen-bond donors (Lipinski definition) is 1. The lowest BCUT2D eigenvalue weighted by atomic mass is 10.1. The van der Waals surface area contributed by atoms with Crippen molar-refractivity contribution in [3.05, 3.63) is 35.9 Å². The first-order chi connectivity index (χ1) is 7.11. The summed E-state index contributed by atoms with van der Waals surface area (Å²) < 4.78 is 5.35. The van der Waals surface area contributed by atoms with E-state index in [1.54, 1.807) is 0 Å². The Hall–Kier alpha value is -1.35. The number of carboxylic acid groups (broad SMARTS) is 1. The van der Waals surface area contributed by atoms with Crippen LogP contribution >= 0.6 is 0 Å². The first-order valence-corrected chi connectivity index (χ1v) is 4.99. The maximum atomic E-state index is 10.8. The molecule has 0 aromatic heterocycles. The summed E-state index contributed by atoms with van der Waals surface area (Å²) in [5.41, 5.74) is 0.990. The molecule has 0 heterocycles. The van der Waals surface area contributed by atoms with Crippen LogP contribution in [0.1, 0.15) is 19.4 Å². The highest BCUT2D eigenvalue weighted by molar-refractivity contribution is 5.72. The van der Waals surface area contributed by atoms with E-state index < -0.39 is 12.1 Å². The largest absolute Gasteiger partial charge is 0.479 e. The zero-order chi connectivity index (χ0) is 11.3. The fraction of sp³-hybridized carbons (Fsp3) is 0.417. The standard InChI is InChI=1S/C12H16O3/c1-9(2)11(12(13)14)15-8-10-6-4-3-5-7-10/h3-7,9,11H,8H2,1-2H3,(H,13,14). The van der Waals surface area contributed by atoms with E-state index in [4.69, 9.17) is 9.84 Å². The molecule has 0 fully saturated rings. The molecule has 0 bridgehead atoms. The van der Waals surface area contributed by atoms with E-state index in [0.717, 1.165) is 5.56 Å². The van der Waals surface area contributed by atoms with Crippen molar-refractivity contribution >= 4 is 5.97 Å². The van der Waals surface area contributed by atoms with Crippen LogP contribution in [-0.2, 0) is 16.1 Å². The molecule has 82 valence electrons. The fourth-order valence-electron chi connectivity index (χ4n) is 1.31. The van der Waals surface area contributed by atoms with Gasteiger partial charge in [0.1, 0.15) is 0 Å². The molecule has 1 N–H and O–H groups in total. The summed E-state index contributed by atoms with van der Waals surface area (Å²) in [6, 6.07) is 9.56. The van der Waals surface area contributed by atoms with Crippen LogP contribution in [0, 0.1) is 5.92 Å². The van der Waals surface area contributed by atoms with Gasteiger partial charge < -0.3 is 9.84 Å². The van der Waals surface area contributed by atoms with Crippen LogP contribution in [0.3, 0.4) is 0 Å². The van der Waals surface area contributed by atoms with Crippen LogP contribution in [-0.4, -0.2) is 17.2 Å². The van der Waals surface area contributed by atoms with E-state index in [1.165, 1.54) is 0 Å². The number of carboxylic acids is 1. The molecule has 15 heavy (non-hydrogen) atoms. The fourth-order valence-corrected chi connectivity index (χ4v) is 1.31. The second-order valence-electron chi connectivity index (χ2n) is 3.80. The Labute approximate surface area is 89.7 Å². The topological polar surface area (TPSA) is 46.5 Å². The zero-order valence-electron chi connectivity index (χ0n) is 9.01. The molecule has 1 unspecified atom stereocenters. The first-order valence-electron chi connectivity index (χ1n) is 4.99. The van der Waals surface area contributed by atoms with Crippen molar-refractivity contribution in [2.75, 3.05) is 0 Å². The van der Waals surface area contributed by atoms with Gasteiger partial charge in [-0.15, -0.1) is 0 Å². The number of ether oxygens (including phenoxy) is 1. The first kappa shape index (κ1) is 11.7. The summed E-state index contributed by atoms with van der Waals surface area (Å²) >= 11 is 0. The second kappa shape index (κ2) is 5.51. The van der Waals surface area contributed by atoms with Crippen LogP contribution < -0.4 is 0 Å². The Morgan fingerprint density at radius 3 is 2.40 bits per heavy atom. The van der Waals surface area contributed by atoms with Crippen LogP contribution in [0.4, 0.5) is 0 Å². The third kappa shape index (κ3) is 3.72. The predicted octanol–water partition coefficient (Wildman–Crippen LogP) is 2.31. The third-order valence-corrected chi connectivity index (χ3v) is 2.12. The normalized spacial score (nSPS) is 12.7. The van der Waals surface area contributed by atoms with E-state index in [2.05, 4.69) is 0 Å². The summed E-state index contributed by atoms with van der Waals surface area (Å²) in [5, 5.41) is 8.90. The lowest BCUT2D eigenvalue weighted by molar-refractivity contribution is -0.154. The van der Waals surface area contributed by atoms with Gasteiger partial charge in [-0.2, -0.15) is 0 Å². The van der Waals surface area contributed by atoms with E-state index in [9.17, 15) is 4.79 Å². The van der Waals surface area contributed by atoms with Gasteiger partial charge in [-0.25, -0.2) is 4.79 Å². The minimum Gasteiger partial charge on any atom is -0.479 e. The minimum atomic E-state index is -0.902. The van der Waals surface area contributed by atoms with Gasteiger partial charge in [-0.3, -0.25) is 0 Å².